The summed E-state index contributed by atoms with van der Waals surface area (Å²) in [5.74, 6) is 0. The summed E-state index contributed by atoms with van der Waals surface area (Å²) in [6, 6.07) is 10.6. The first-order valence-corrected chi connectivity index (χ1v) is 6.24. The van der Waals surface area contributed by atoms with Gasteiger partial charge in [-0.3, -0.25) is 0 Å². The Morgan fingerprint density at radius 2 is 1.59 bits per heavy atom. The second-order valence-electron chi connectivity index (χ2n) is 3.38. The smallest absolute Gasteiger partial charge is 0.0828 e. The maximum absolute atomic E-state index is 6.07. The fourth-order valence-electron chi connectivity index (χ4n) is 1.37. The number of rotatable bonds is 2. The Balaban J connectivity index is 2.36. The van der Waals surface area contributed by atoms with E-state index in [1.165, 1.54) is 0 Å². The van der Waals surface area contributed by atoms with Crippen molar-refractivity contribution in [3.05, 3.63) is 56.5 Å². The van der Waals surface area contributed by atoms with Crippen molar-refractivity contribution in [1.82, 2.24) is 0 Å². The van der Waals surface area contributed by atoms with Gasteiger partial charge in [0.2, 0.25) is 0 Å². The third kappa shape index (κ3) is 3.20. The van der Waals surface area contributed by atoms with Crippen LogP contribution in [0.5, 0.6) is 0 Å². The van der Waals surface area contributed by atoms with Crippen molar-refractivity contribution in [2.75, 3.05) is 5.32 Å². The lowest BCUT2D eigenvalue weighted by atomic mass is 10.2. The minimum atomic E-state index is 0.406. The van der Waals surface area contributed by atoms with E-state index in [2.05, 4.69) is 5.32 Å². The Labute approximate surface area is 119 Å². The van der Waals surface area contributed by atoms with E-state index >= 15 is 0 Å². The highest BCUT2D eigenvalue weighted by atomic mass is 35.5. The van der Waals surface area contributed by atoms with Gasteiger partial charge in [-0.2, -0.15) is 0 Å². The van der Waals surface area contributed by atoms with E-state index in [1.807, 2.05) is 12.1 Å². The van der Waals surface area contributed by atoms with Crippen molar-refractivity contribution in [3.8, 4) is 0 Å². The van der Waals surface area contributed by atoms with Gasteiger partial charge in [-0.05, 0) is 30.3 Å². The van der Waals surface area contributed by atoms with E-state index in [1.54, 1.807) is 24.3 Å². The molecule has 0 aromatic heterocycles. The molecule has 1 nitrogen and oxygen atoms in total. The van der Waals surface area contributed by atoms with Crippen LogP contribution in [-0.4, -0.2) is 0 Å². The topological polar surface area (TPSA) is 12.0 Å². The molecule has 0 spiro atoms. The molecular formula is C12H7Cl4N. The van der Waals surface area contributed by atoms with Crippen molar-refractivity contribution in [3.63, 3.8) is 0 Å². The zero-order valence-corrected chi connectivity index (χ0v) is 11.5. The quantitative estimate of drug-likeness (QED) is 0.666. The molecule has 17 heavy (non-hydrogen) atoms. The van der Waals surface area contributed by atoms with Crippen LogP contribution in [0.3, 0.4) is 0 Å². The first kappa shape index (κ1) is 12.8. The summed E-state index contributed by atoms with van der Waals surface area (Å²) in [6.07, 6.45) is 0. The summed E-state index contributed by atoms with van der Waals surface area (Å²) < 4.78 is 0. The number of halogens is 4. The first-order chi connectivity index (χ1) is 8.06. The standard InChI is InChI=1S/C12H7Cl4N/c13-7-2-1-3-9(4-7)17-11-6-8(14)5-10(15)12(11)16/h1-6,17H. The van der Waals surface area contributed by atoms with Crippen molar-refractivity contribution in [2.45, 2.75) is 0 Å². The molecule has 0 saturated heterocycles. The molecule has 0 unspecified atom stereocenters. The summed E-state index contributed by atoms with van der Waals surface area (Å²) >= 11 is 23.8. The minimum Gasteiger partial charge on any atom is -0.354 e. The van der Waals surface area contributed by atoms with Crippen molar-refractivity contribution < 1.29 is 0 Å². The fourth-order valence-corrected chi connectivity index (χ4v) is 2.21. The molecule has 0 atom stereocenters. The molecule has 0 radical (unpaired) electrons. The lowest BCUT2D eigenvalue weighted by molar-refractivity contribution is 1.55. The highest BCUT2D eigenvalue weighted by molar-refractivity contribution is 6.45. The van der Waals surface area contributed by atoms with E-state index in [9.17, 15) is 0 Å². The van der Waals surface area contributed by atoms with Crippen LogP contribution in [0, 0.1) is 0 Å². The molecular weight excluding hydrogens is 300 g/mol. The Morgan fingerprint density at radius 1 is 0.824 bits per heavy atom. The van der Waals surface area contributed by atoms with Crippen LogP contribution in [0.2, 0.25) is 20.1 Å². The minimum absolute atomic E-state index is 0.406. The maximum Gasteiger partial charge on any atom is 0.0828 e. The summed E-state index contributed by atoms with van der Waals surface area (Å²) in [5.41, 5.74) is 1.46. The zero-order valence-electron chi connectivity index (χ0n) is 8.48. The molecule has 0 aliphatic rings. The number of anilines is 2. The van der Waals surface area contributed by atoms with Crippen molar-refractivity contribution in [2.24, 2.45) is 0 Å². The normalized spacial score (nSPS) is 10.4. The lowest BCUT2D eigenvalue weighted by Gasteiger charge is -2.10. The molecule has 0 fully saturated rings. The predicted octanol–water partition coefficient (Wildman–Crippen LogP) is 6.04. The van der Waals surface area contributed by atoms with Gasteiger partial charge in [0.15, 0.2) is 0 Å². The van der Waals surface area contributed by atoms with Gasteiger partial charge in [0.25, 0.3) is 0 Å². The third-order valence-corrected chi connectivity index (χ3v) is 3.35. The third-order valence-electron chi connectivity index (χ3n) is 2.10. The zero-order chi connectivity index (χ0) is 12.4. The lowest BCUT2D eigenvalue weighted by Crippen LogP contribution is -1.91. The number of benzene rings is 2. The van der Waals surface area contributed by atoms with Crippen molar-refractivity contribution in [1.29, 1.82) is 0 Å². The van der Waals surface area contributed by atoms with E-state index in [-0.39, 0.29) is 0 Å². The van der Waals surface area contributed by atoms with Crippen LogP contribution >= 0.6 is 46.4 Å². The molecule has 5 heteroatoms. The average molecular weight is 307 g/mol. The second kappa shape index (κ2) is 5.36. The van der Waals surface area contributed by atoms with E-state index in [4.69, 9.17) is 46.4 Å². The first-order valence-electron chi connectivity index (χ1n) is 4.73. The fraction of sp³-hybridized carbons (Fsp3) is 0. The summed E-state index contributed by atoms with van der Waals surface area (Å²) in [6.45, 7) is 0. The van der Waals surface area contributed by atoms with Crippen LogP contribution in [-0.2, 0) is 0 Å². The summed E-state index contributed by atoms with van der Waals surface area (Å²) in [4.78, 5) is 0. The molecule has 1 N–H and O–H groups in total. The van der Waals surface area contributed by atoms with Crippen LogP contribution < -0.4 is 5.32 Å². The molecule has 0 amide bonds. The Kier molecular flexibility index (Phi) is 4.05. The van der Waals surface area contributed by atoms with Gasteiger partial charge >= 0.3 is 0 Å². The van der Waals surface area contributed by atoms with Crippen molar-refractivity contribution >= 4 is 57.8 Å². The van der Waals surface area contributed by atoms with Gasteiger partial charge < -0.3 is 5.32 Å². The molecule has 0 saturated carbocycles. The van der Waals surface area contributed by atoms with Gasteiger partial charge in [-0.1, -0.05) is 52.5 Å². The molecule has 0 aliphatic heterocycles. The molecule has 0 bridgehead atoms. The second-order valence-corrected chi connectivity index (χ2v) is 5.04. The molecule has 0 aliphatic carbocycles. The van der Waals surface area contributed by atoms with E-state index in [0.29, 0.717) is 25.8 Å². The van der Waals surface area contributed by atoms with Crippen LogP contribution in [0.1, 0.15) is 0 Å². The average Bonchev–Trinajstić information content (AvgIpc) is 2.25. The van der Waals surface area contributed by atoms with Crippen LogP contribution in [0.4, 0.5) is 11.4 Å². The van der Waals surface area contributed by atoms with Gasteiger partial charge in [-0.25, -0.2) is 0 Å². The van der Waals surface area contributed by atoms with Gasteiger partial charge in [-0.15, -0.1) is 0 Å². The van der Waals surface area contributed by atoms with Gasteiger partial charge in [0, 0.05) is 15.7 Å². The Bertz CT molecular complexity index is 554. The Hall–Kier alpha value is -0.600. The highest BCUT2D eigenvalue weighted by Gasteiger charge is 2.07. The number of nitrogens with one attached hydrogen (secondary N) is 1. The van der Waals surface area contributed by atoms with Crippen LogP contribution in [0.15, 0.2) is 36.4 Å². The maximum atomic E-state index is 6.07. The van der Waals surface area contributed by atoms with Crippen LogP contribution in [0.25, 0.3) is 0 Å². The number of hydrogen-bond acceptors (Lipinski definition) is 1. The molecule has 2 aromatic carbocycles. The Morgan fingerprint density at radius 3 is 2.29 bits per heavy atom. The number of hydrogen-bond donors (Lipinski definition) is 1. The molecule has 0 heterocycles. The van der Waals surface area contributed by atoms with Gasteiger partial charge in [0.1, 0.15) is 0 Å². The van der Waals surface area contributed by atoms with E-state index < -0.39 is 0 Å². The SMILES string of the molecule is Clc1cccc(Nc2cc(Cl)cc(Cl)c2Cl)c1. The summed E-state index contributed by atoms with van der Waals surface area (Å²) in [7, 11) is 0. The van der Waals surface area contributed by atoms with Gasteiger partial charge in [0.05, 0.1) is 15.7 Å². The van der Waals surface area contributed by atoms with E-state index in [0.717, 1.165) is 5.69 Å². The molecule has 2 aromatic rings. The highest BCUT2D eigenvalue weighted by Crippen LogP contribution is 2.35. The largest absolute Gasteiger partial charge is 0.354 e. The summed E-state index contributed by atoms with van der Waals surface area (Å²) in [5, 5.41) is 5.10. The molecule has 2 rings (SSSR count). The monoisotopic (exact) mass is 305 g/mol. The predicted molar refractivity (Wildman–Crippen MR) is 76.2 cm³/mol. The molecule has 88 valence electrons.